The Balaban J connectivity index is 2.08. The number of nitrogens with zero attached hydrogens (tertiary/aromatic N) is 1. The molecule has 1 amide bonds. The SMILES string of the molecule is CC(C)(C)OC(=O)C(C(C(=O)OC(C)(C)C)N1C(=O)c2ccccc2S1(=O)=O)=P(c1ccccc1)(c1ccccc1)c1ccccc1. The predicted octanol–water partition coefficient (Wildman–Crippen LogP) is 5.05. The van der Waals surface area contributed by atoms with Crippen molar-refractivity contribution in [3.05, 3.63) is 121 Å². The highest BCUT2D eigenvalue weighted by molar-refractivity contribution is 7.96. The highest BCUT2D eigenvalue weighted by atomic mass is 32.2. The molecular formula is C37H38NO7PS. The molecular weight excluding hydrogens is 633 g/mol. The van der Waals surface area contributed by atoms with Crippen molar-refractivity contribution in [1.29, 1.82) is 0 Å². The second kappa shape index (κ2) is 12.6. The third kappa shape index (κ3) is 6.42. The largest absolute Gasteiger partial charge is 0.458 e. The molecule has 0 aromatic heterocycles. The first-order chi connectivity index (χ1) is 22.1. The fraction of sp³-hybridized carbons (Fsp3) is 0.243. The van der Waals surface area contributed by atoms with Crippen molar-refractivity contribution in [2.45, 2.75) is 63.7 Å². The van der Waals surface area contributed by atoms with Gasteiger partial charge in [-0.25, -0.2) is 22.3 Å². The van der Waals surface area contributed by atoms with Gasteiger partial charge in [0.15, 0.2) is 6.04 Å². The lowest BCUT2D eigenvalue weighted by atomic mass is 10.1. The van der Waals surface area contributed by atoms with E-state index >= 15 is 4.79 Å². The van der Waals surface area contributed by atoms with E-state index in [0.717, 1.165) is 0 Å². The fourth-order valence-corrected chi connectivity index (χ4v) is 12.0. The number of esters is 2. The van der Waals surface area contributed by atoms with E-state index in [9.17, 15) is 18.0 Å². The molecule has 0 N–H and O–H groups in total. The van der Waals surface area contributed by atoms with Gasteiger partial charge in [-0.15, -0.1) is 0 Å². The van der Waals surface area contributed by atoms with E-state index in [1.54, 1.807) is 47.6 Å². The Labute approximate surface area is 276 Å². The zero-order valence-electron chi connectivity index (χ0n) is 27.2. The van der Waals surface area contributed by atoms with E-state index in [1.165, 1.54) is 18.2 Å². The summed E-state index contributed by atoms with van der Waals surface area (Å²) in [6.07, 6.45) is 0. The topological polar surface area (TPSA) is 107 Å². The van der Waals surface area contributed by atoms with Crippen LogP contribution < -0.4 is 15.9 Å². The molecule has 0 saturated carbocycles. The van der Waals surface area contributed by atoms with Gasteiger partial charge in [0.25, 0.3) is 15.9 Å². The molecule has 4 aromatic rings. The van der Waals surface area contributed by atoms with Gasteiger partial charge < -0.3 is 9.47 Å². The maximum atomic E-state index is 15.0. The highest BCUT2D eigenvalue weighted by Crippen LogP contribution is 2.49. The molecule has 0 saturated heterocycles. The minimum atomic E-state index is -4.65. The van der Waals surface area contributed by atoms with Crippen LogP contribution in [0.25, 0.3) is 0 Å². The predicted molar refractivity (Wildman–Crippen MR) is 185 cm³/mol. The van der Waals surface area contributed by atoms with Crippen molar-refractivity contribution in [3.63, 3.8) is 0 Å². The van der Waals surface area contributed by atoms with Gasteiger partial charge in [-0.2, -0.15) is 0 Å². The smallest absolute Gasteiger partial charge is 0.338 e. The van der Waals surface area contributed by atoms with Gasteiger partial charge in [0.2, 0.25) is 0 Å². The summed E-state index contributed by atoms with van der Waals surface area (Å²) in [6, 6.07) is 31.2. The van der Waals surface area contributed by atoms with Crippen molar-refractivity contribution in [1.82, 2.24) is 4.31 Å². The monoisotopic (exact) mass is 671 g/mol. The zero-order chi connectivity index (χ0) is 34.2. The van der Waals surface area contributed by atoms with Crippen molar-refractivity contribution in [3.8, 4) is 0 Å². The first-order valence-corrected chi connectivity index (χ1v) is 18.4. The van der Waals surface area contributed by atoms with Gasteiger partial charge >= 0.3 is 11.9 Å². The molecule has 1 unspecified atom stereocenters. The molecule has 0 aliphatic carbocycles. The molecule has 0 fully saturated rings. The van der Waals surface area contributed by atoms with Crippen LogP contribution in [0.1, 0.15) is 51.9 Å². The molecule has 1 atom stereocenters. The van der Waals surface area contributed by atoms with Crippen LogP contribution in [-0.4, -0.2) is 53.1 Å². The second-order valence-corrected chi connectivity index (χ2v) is 18.3. The molecule has 47 heavy (non-hydrogen) atoms. The Morgan fingerprint density at radius 3 is 1.45 bits per heavy atom. The van der Waals surface area contributed by atoms with E-state index in [-0.39, 0.29) is 15.8 Å². The van der Waals surface area contributed by atoms with E-state index in [1.807, 2.05) is 91.0 Å². The number of amides is 1. The number of carbonyl (C=O) groups excluding carboxylic acids is 3. The molecule has 0 bridgehead atoms. The summed E-state index contributed by atoms with van der Waals surface area (Å²) in [5, 5.41) is 1.74. The van der Waals surface area contributed by atoms with Crippen LogP contribution in [0.15, 0.2) is 120 Å². The number of hydrogen-bond acceptors (Lipinski definition) is 7. The van der Waals surface area contributed by atoms with Gasteiger partial charge in [-0.1, -0.05) is 103 Å². The zero-order valence-corrected chi connectivity index (χ0v) is 28.9. The van der Waals surface area contributed by atoms with Crippen LogP contribution in [0.2, 0.25) is 0 Å². The Hall–Kier alpha value is -4.46. The number of hydrogen-bond donors (Lipinski definition) is 0. The number of carbonyl (C=O) groups is 3. The lowest BCUT2D eigenvalue weighted by Crippen LogP contribution is -2.56. The summed E-state index contributed by atoms with van der Waals surface area (Å²) in [6.45, 7) is 6.44. The molecule has 8 nitrogen and oxygen atoms in total. The molecule has 5 rings (SSSR count). The standard InChI is InChI=1S/C37H38NO7PS/c1-36(2,3)44-34(40)31(38-33(39)29-24-16-17-25-30(29)47(38,42)43)32(35(41)45-37(4,5)6)46(26-18-10-7-11-19-26,27-20-12-8-13-21-27)28-22-14-9-15-23-28/h7-25,31H,1-6H3. The number of ether oxygens (including phenoxy) is 2. The number of sulfonamides is 1. The lowest BCUT2D eigenvalue weighted by molar-refractivity contribution is -0.158. The summed E-state index contributed by atoms with van der Waals surface area (Å²) < 4.78 is 41.3. The van der Waals surface area contributed by atoms with Crippen LogP contribution >= 0.6 is 6.89 Å². The summed E-state index contributed by atoms with van der Waals surface area (Å²) in [5.41, 5.74) is -2.27. The van der Waals surface area contributed by atoms with Crippen LogP contribution in [0.4, 0.5) is 0 Å². The molecule has 1 aliphatic heterocycles. The minimum absolute atomic E-state index is 0.104. The molecule has 0 spiro atoms. The third-order valence-electron chi connectivity index (χ3n) is 7.38. The molecule has 4 aromatic carbocycles. The number of fused-ring (bicyclic) bond motifs is 1. The first kappa shape index (κ1) is 33.9. The van der Waals surface area contributed by atoms with Crippen LogP contribution in [0.5, 0.6) is 0 Å². The number of benzene rings is 4. The van der Waals surface area contributed by atoms with E-state index in [2.05, 4.69) is 0 Å². The van der Waals surface area contributed by atoms with Crippen LogP contribution in [0, 0.1) is 0 Å². The normalized spacial score (nSPS) is 15.0. The van der Waals surface area contributed by atoms with Crippen LogP contribution in [-0.2, 0) is 29.1 Å². The third-order valence-corrected chi connectivity index (χ3v) is 13.6. The molecule has 1 aliphatic rings. The van der Waals surface area contributed by atoms with E-state index in [0.29, 0.717) is 20.2 Å². The van der Waals surface area contributed by atoms with Gasteiger partial charge in [0.1, 0.15) is 16.1 Å². The van der Waals surface area contributed by atoms with Gasteiger partial charge in [-0.05, 0) is 76.5 Å². The minimum Gasteiger partial charge on any atom is -0.458 e. The summed E-state index contributed by atoms with van der Waals surface area (Å²) in [4.78, 5) is 43.7. The molecule has 10 heteroatoms. The molecule has 0 radical (unpaired) electrons. The Morgan fingerprint density at radius 1 is 0.638 bits per heavy atom. The first-order valence-electron chi connectivity index (χ1n) is 15.2. The number of rotatable bonds is 7. The summed E-state index contributed by atoms with van der Waals surface area (Å²) >= 11 is 0. The Bertz CT molecular complexity index is 1880. The second-order valence-electron chi connectivity index (χ2n) is 13.1. The Morgan fingerprint density at radius 2 is 1.04 bits per heavy atom. The maximum Gasteiger partial charge on any atom is 0.338 e. The lowest BCUT2D eigenvalue weighted by Gasteiger charge is -2.38. The van der Waals surface area contributed by atoms with Crippen molar-refractivity contribution >= 4 is 56.0 Å². The van der Waals surface area contributed by atoms with E-state index < -0.39 is 52.0 Å². The van der Waals surface area contributed by atoms with E-state index in [4.69, 9.17) is 9.47 Å². The van der Waals surface area contributed by atoms with Crippen LogP contribution in [0.3, 0.4) is 0 Å². The van der Waals surface area contributed by atoms with Crippen molar-refractivity contribution in [2.75, 3.05) is 0 Å². The van der Waals surface area contributed by atoms with Crippen molar-refractivity contribution in [2.24, 2.45) is 0 Å². The fourth-order valence-electron chi connectivity index (χ4n) is 5.72. The maximum absolute atomic E-state index is 15.0. The Kier molecular flexibility index (Phi) is 9.10. The van der Waals surface area contributed by atoms with Gasteiger partial charge in [0.05, 0.1) is 10.9 Å². The molecule has 1 heterocycles. The average Bonchev–Trinajstić information content (AvgIpc) is 3.21. The van der Waals surface area contributed by atoms with Gasteiger partial charge in [0, 0.05) is 0 Å². The highest BCUT2D eigenvalue weighted by Gasteiger charge is 2.54. The van der Waals surface area contributed by atoms with Crippen molar-refractivity contribution < 1.29 is 32.3 Å². The summed E-state index contributed by atoms with van der Waals surface area (Å²) in [5.74, 6) is -2.93. The van der Waals surface area contributed by atoms with Gasteiger partial charge in [-0.3, -0.25) is 4.79 Å². The molecule has 244 valence electrons. The summed E-state index contributed by atoms with van der Waals surface area (Å²) in [7, 11) is -4.65. The quantitative estimate of drug-likeness (QED) is 0.200. The average molecular weight is 672 g/mol.